The summed E-state index contributed by atoms with van der Waals surface area (Å²) in [5.74, 6) is -2.51. The molecular formula is C28H42O12. The summed E-state index contributed by atoms with van der Waals surface area (Å²) in [6.45, 7) is 12.4. The quantitative estimate of drug-likeness (QED) is 0.224. The standard InChI is InChI=1S/C28H42O12/c1-7-12(2)24(33)40-27-28(6)9-16-14(4)25(34)37-17(16)8-13(3)20(28)18(10-36-27)38-26-23(32)22(31)21(30)19(39-26)11-35-15(5)29/h12-13,16-23,26-27,30-32H,4,7-11H2,1-3,5-6H3. The van der Waals surface area contributed by atoms with Gasteiger partial charge in [-0.25, -0.2) is 4.79 Å². The molecule has 0 aromatic rings. The first-order valence-electron chi connectivity index (χ1n) is 14.0. The van der Waals surface area contributed by atoms with Gasteiger partial charge in [0, 0.05) is 29.7 Å². The van der Waals surface area contributed by atoms with Gasteiger partial charge in [-0.15, -0.1) is 0 Å². The van der Waals surface area contributed by atoms with Crippen molar-refractivity contribution in [1.82, 2.24) is 0 Å². The molecule has 0 aromatic heterocycles. The van der Waals surface area contributed by atoms with Crippen LogP contribution in [0.3, 0.4) is 0 Å². The van der Waals surface area contributed by atoms with Crippen LogP contribution in [0.2, 0.25) is 0 Å². The highest BCUT2D eigenvalue weighted by Gasteiger charge is 2.60. The molecule has 13 unspecified atom stereocenters. The van der Waals surface area contributed by atoms with E-state index in [9.17, 15) is 29.7 Å². The van der Waals surface area contributed by atoms with Gasteiger partial charge >= 0.3 is 17.9 Å². The fraction of sp³-hybridized carbons (Fsp3) is 0.821. The molecule has 3 saturated heterocycles. The third kappa shape index (κ3) is 5.79. The van der Waals surface area contributed by atoms with Crippen molar-refractivity contribution in [2.24, 2.45) is 29.1 Å². The minimum atomic E-state index is -1.62. The number of fused-ring (bicyclic) bond motifs is 2. The van der Waals surface area contributed by atoms with E-state index in [1.54, 1.807) is 6.92 Å². The van der Waals surface area contributed by atoms with Crippen LogP contribution in [-0.4, -0.2) is 95.6 Å². The number of hydrogen-bond donors (Lipinski definition) is 3. The minimum absolute atomic E-state index is 0.0149. The molecule has 226 valence electrons. The van der Waals surface area contributed by atoms with Gasteiger partial charge < -0.3 is 43.7 Å². The van der Waals surface area contributed by atoms with Crippen molar-refractivity contribution in [1.29, 1.82) is 0 Å². The van der Waals surface area contributed by atoms with Crippen molar-refractivity contribution in [3.63, 3.8) is 0 Å². The van der Waals surface area contributed by atoms with Gasteiger partial charge in [-0.05, 0) is 25.2 Å². The van der Waals surface area contributed by atoms with Crippen LogP contribution in [0.4, 0.5) is 0 Å². The zero-order valence-electron chi connectivity index (χ0n) is 23.7. The number of rotatable bonds is 7. The number of carbonyl (C=O) groups excluding carboxylic acids is 3. The van der Waals surface area contributed by atoms with Crippen LogP contribution in [0.5, 0.6) is 0 Å². The summed E-state index contributed by atoms with van der Waals surface area (Å²) in [6, 6.07) is 0. The van der Waals surface area contributed by atoms with Gasteiger partial charge in [-0.2, -0.15) is 0 Å². The molecule has 1 aliphatic carbocycles. The molecule has 0 spiro atoms. The first-order chi connectivity index (χ1) is 18.8. The van der Waals surface area contributed by atoms with Crippen molar-refractivity contribution in [2.45, 2.75) is 103 Å². The fourth-order valence-corrected chi connectivity index (χ4v) is 6.65. The average Bonchev–Trinajstić information content (AvgIpc) is 3.08. The SMILES string of the molecule is C=C1C(=O)OC2CC(C)C3C(OC4OC(COC(C)=O)C(O)C(O)C4O)COC(OC(=O)C(C)CC)C3(C)CC12. The largest absolute Gasteiger partial charge is 0.463 e. The molecule has 1 saturated carbocycles. The maximum atomic E-state index is 12.9. The van der Waals surface area contributed by atoms with Crippen molar-refractivity contribution < 1.29 is 58.1 Å². The molecule has 12 heteroatoms. The maximum absolute atomic E-state index is 12.9. The third-order valence-electron chi connectivity index (χ3n) is 9.07. The molecule has 0 amide bonds. The fourth-order valence-electron chi connectivity index (χ4n) is 6.65. The number of carbonyl (C=O) groups is 3. The topological polar surface area (TPSA) is 167 Å². The summed E-state index contributed by atoms with van der Waals surface area (Å²) in [5.41, 5.74) is -0.484. The monoisotopic (exact) mass is 570 g/mol. The minimum Gasteiger partial charge on any atom is -0.463 e. The average molecular weight is 571 g/mol. The van der Waals surface area contributed by atoms with Crippen LogP contribution in [0.1, 0.15) is 53.9 Å². The van der Waals surface area contributed by atoms with E-state index < -0.39 is 72.5 Å². The van der Waals surface area contributed by atoms with E-state index in [-0.39, 0.29) is 36.9 Å². The van der Waals surface area contributed by atoms with Crippen LogP contribution in [0, 0.1) is 29.1 Å². The molecule has 4 aliphatic rings. The lowest BCUT2D eigenvalue weighted by Gasteiger charge is -2.52. The van der Waals surface area contributed by atoms with Crippen LogP contribution in [-0.2, 0) is 42.8 Å². The van der Waals surface area contributed by atoms with Crippen molar-refractivity contribution in [3.05, 3.63) is 12.2 Å². The van der Waals surface area contributed by atoms with Crippen LogP contribution in [0.15, 0.2) is 12.2 Å². The van der Waals surface area contributed by atoms with Gasteiger partial charge in [0.25, 0.3) is 0 Å². The zero-order valence-corrected chi connectivity index (χ0v) is 23.7. The van der Waals surface area contributed by atoms with E-state index in [1.807, 2.05) is 20.8 Å². The Hall–Kier alpha value is -2.09. The molecule has 4 fully saturated rings. The summed E-state index contributed by atoms with van der Waals surface area (Å²) in [5, 5.41) is 31.6. The number of esters is 3. The van der Waals surface area contributed by atoms with Gasteiger partial charge in [-0.3, -0.25) is 9.59 Å². The van der Waals surface area contributed by atoms with E-state index >= 15 is 0 Å². The Morgan fingerprint density at radius 2 is 1.90 bits per heavy atom. The first-order valence-corrected chi connectivity index (χ1v) is 14.0. The zero-order chi connectivity index (χ0) is 29.5. The summed E-state index contributed by atoms with van der Waals surface area (Å²) in [6.07, 6.45) is -7.80. The second kappa shape index (κ2) is 12.0. The van der Waals surface area contributed by atoms with Gasteiger partial charge in [0.1, 0.15) is 37.1 Å². The summed E-state index contributed by atoms with van der Waals surface area (Å²) in [4.78, 5) is 36.5. The van der Waals surface area contributed by atoms with Gasteiger partial charge in [0.15, 0.2) is 6.29 Å². The van der Waals surface area contributed by atoms with Gasteiger partial charge in [-0.1, -0.05) is 34.3 Å². The van der Waals surface area contributed by atoms with Crippen LogP contribution < -0.4 is 0 Å². The summed E-state index contributed by atoms with van der Waals surface area (Å²) in [7, 11) is 0. The summed E-state index contributed by atoms with van der Waals surface area (Å²) >= 11 is 0. The van der Waals surface area contributed by atoms with Crippen LogP contribution >= 0.6 is 0 Å². The molecule has 13 atom stereocenters. The Balaban J connectivity index is 1.62. The molecular weight excluding hydrogens is 528 g/mol. The van der Waals surface area contributed by atoms with E-state index in [2.05, 4.69) is 6.58 Å². The molecule has 3 aliphatic heterocycles. The summed E-state index contributed by atoms with van der Waals surface area (Å²) < 4.78 is 34.7. The number of aliphatic hydroxyl groups excluding tert-OH is 3. The molecule has 0 bridgehead atoms. The molecule has 4 rings (SSSR count). The van der Waals surface area contributed by atoms with Crippen molar-refractivity contribution in [3.8, 4) is 0 Å². The van der Waals surface area contributed by atoms with Crippen LogP contribution in [0.25, 0.3) is 0 Å². The first kappa shape index (κ1) is 30.9. The Morgan fingerprint density at radius 1 is 1.20 bits per heavy atom. The molecule has 3 heterocycles. The normalized spacial score (nSPS) is 44.0. The van der Waals surface area contributed by atoms with Crippen molar-refractivity contribution in [2.75, 3.05) is 13.2 Å². The lowest BCUT2D eigenvalue weighted by atomic mass is 9.64. The van der Waals surface area contributed by atoms with Crippen molar-refractivity contribution >= 4 is 17.9 Å². The number of ether oxygens (including phenoxy) is 6. The van der Waals surface area contributed by atoms with E-state index in [0.717, 1.165) is 0 Å². The number of hydrogen-bond acceptors (Lipinski definition) is 12. The lowest BCUT2D eigenvalue weighted by molar-refractivity contribution is -0.345. The Morgan fingerprint density at radius 3 is 2.55 bits per heavy atom. The highest BCUT2D eigenvalue weighted by molar-refractivity contribution is 5.90. The predicted octanol–water partition coefficient (Wildman–Crippen LogP) is 0.838. The molecule has 3 N–H and O–H groups in total. The Kier molecular flexibility index (Phi) is 9.28. The lowest BCUT2D eigenvalue weighted by Crippen LogP contribution is -2.62. The predicted molar refractivity (Wildman–Crippen MR) is 136 cm³/mol. The van der Waals surface area contributed by atoms with E-state index in [1.165, 1.54) is 6.92 Å². The van der Waals surface area contributed by atoms with Gasteiger partial charge in [0.05, 0.1) is 18.6 Å². The molecule has 0 radical (unpaired) electrons. The Bertz CT molecular complexity index is 984. The molecule has 12 nitrogen and oxygen atoms in total. The molecule has 0 aromatic carbocycles. The number of aliphatic hydroxyl groups is 3. The smallest absolute Gasteiger partial charge is 0.334 e. The van der Waals surface area contributed by atoms with E-state index in [0.29, 0.717) is 24.8 Å². The molecule has 40 heavy (non-hydrogen) atoms. The second-order valence-electron chi connectivity index (χ2n) is 11.9. The third-order valence-corrected chi connectivity index (χ3v) is 9.07. The Labute approximate surface area is 233 Å². The van der Waals surface area contributed by atoms with Gasteiger partial charge in [0.2, 0.25) is 6.29 Å². The highest BCUT2D eigenvalue weighted by atomic mass is 16.7. The highest BCUT2D eigenvalue weighted by Crippen LogP contribution is 2.55. The maximum Gasteiger partial charge on any atom is 0.334 e. The second-order valence-corrected chi connectivity index (χ2v) is 11.9. The van der Waals surface area contributed by atoms with E-state index in [4.69, 9.17) is 28.4 Å².